The molecule has 126 valence electrons. The molecule has 1 aliphatic rings. The van der Waals surface area contributed by atoms with Crippen LogP contribution in [0.2, 0.25) is 0 Å². The number of amides is 2. The smallest absolute Gasteiger partial charge is 0.313 e. The molecule has 0 spiro atoms. The van der Waals surface area contributed by atoms with Crippen LogP contribution in [0.15, 0.2) is 24.3 Å². The molecule has 0 radical (unpaired) electrons. The molecule has 1 aromatic rings. The summed E-state index contributed by atoms with van der Waals surface area (Å²) in [5.41, 5.74) is 1.85. The molecule has 0 atom stereocenters. The third kappa shape index (κ3) is 4.55. The van der Waals surface area contributed by atoms with E-state index < -0.39 is 11.8 Å². The van der Waals surface area contributed by atoms with Crippen molar-refractivity contribution in [1.82, 2.24) is 4.90 Å². The quantitative estimate of drug-likeness (QED) is 0.821. The van der Waals surface area contributed by atoms with Crippen LogP contribution in [0.4, 0.5) is 5.69 Å². The van der Waals surface area contributed by atoms with Crippen LogP contribution in [-0.4, -0.2) is 41.5 Å². The van der Waals surface area contributed by atoms with Crippen LogP contribution in [0, 0.1) is 5.92 Å². The minimum atomic E-state index is -0.601. The first-order valence-corrected chi connectivity index (χ1v) is 8.13. The van der Waals surface area contributed by atoms with E-state index in [4.69, 9.17) is 5.11 Å². The zero-order valence-corrected chi connectivity index (χ0v) is 14.1. The topological polar surface area (TPSA) is 69.6 Å². The summed E-state index contributed by atoms with van der Waals surface area (Å²) < 4.78 is 0. The summed E-state index contributed by atoms with van der Waals surface area (Å²) in [6.07, 6.45) is 1.49. The standard InChI is InChI=1S/C18H26N2O3/c1-18(2,3)14-4-6-15(7-5-14)19-16(22)17(23)20-10-8-13(12-21)9-11-20/h4-7,13,21H,8-12H2,1-3H3,(H,19,22). The van der Waals surface area contributed by atoms with Crippen molar-refractivity contribution in [3.63, 3.8) is 0 Å². The first-order valence-electron chi connectivity index (χ1n) is 8.13. The first-order chi connectivity index (χ1) is 10.8. The SMILES string of the molecule is CC(C)(C)c1ccc(NC(=O)C(=O)N2CCC(CO)CC2)cc1. The molecule has 5 heteroatoms. The number of hydrogen-bond acceptors (Lipinski definition) is 3. The first kappa shape index (κ1) is 17.5. The van der Waals surface area contributed by atoms with Gasteiger partial charge in [-0.2, -0.15) is 0 Å². The second kappa shape index (κ2) is 7.13. The number of carbonyl (C=O) groups is 2. The fourth-order valence-electron chi connectivity index (χ4n) is 2.70. The third-order valence-corrected chi connectivity index (χ3v) is 4.36. The monoisotopic (exact) mass is 318 g/mol. The number of rotatable bonds is 2. The van der Waals surface area contributed by atoms with Gasteiger partial charge in [0.2, 0.25) is 0 Å². The summed E-state index contributed by atoms with van der Waals surface area (Å²) in [7, 11) is 0. The molecule has 0 aromatic heterocycles. The number of nitrogens with zero attached hydrogens (tertiary/aromatic N) is 1. The minimum absolute atomic E-state index is 0.0510. The van der Waals surface area contributed by atoms with Crippen molar-refractivity contribution in [3.05, 3.63) is 29.8 Å². The Morgan fingerprint density at radius 1 is 1.17 bits per heavy atom. The van der Waals surface area contributed by atoms with Crippen molar-refractivity contribution >= 4 is 17.5 Å². The fraction of sp³-hybridized carbons (Fsp3) is 0.556. The van der Waals surface area contributed by atoms with E-state index in [2.05, 4.69) is 26.1 Å². The zero-order valence-electron chi connectivity index (χ0n) is 14.1. The summed E-state index contributed by atoms with van der Waals surface area (Å²) in [5.74, 6) is -0.857. The molecule has 0 aliphatic carbocycles. The van der Waals surface area contributed by atoms with Gasteiger partial charge in [0.15, 0.2) is 0 Å². The Labute approximate surface area is 137 Å². The molecule has 2 rings (SSSR count). The summed E-state index contributed by atoms with van der Waals surface area (Å²) >= 11 is 0. The molecule has 2 N–H and O–H groups in total. The maximum atomic E-state index is 12.2. The third-order valence-electron chi connectivity index (χ3n) is 4.36. The van der Waals surface area contributed by atoms with Gasteiger partial charge in [0.05, 0.1) is 0 Å². The number of benzene rings is 1. The number of anilines is 1. The molecule has 1 aliphatic heterocycles. The van der Waals surface area contributed by atoms with Gasteiger partial charge in [-0.25, -0.2) is 0 Å². The predicted octanol–water partition coefficient (Wildman–Crippen LogP) is 2.15. The molecule has 1 fully saturated rings. The second-order valence-electron chi connectivity index (χ2n) is 7.20. The minimum Gasteiger partial charge on any atom is -0.396 e. The number of piperidine rings is 1. The summed E-state index contributed by atoms with van der Waals surface area (Å²) in [6.45, 7) is 7.58. The maximum Gasteiger partial charge on any atom is 0.313 e. The Hall–Kier alpha value is -1.88. The Kier molecular flexibility index (Phi) is 5.42. The highest BCUT2D eigenvalue weighted by atomic mass is 16.3. The van der Waals surface area contributed by atoms with E-state index >= 15 is 0 Å². The van der Waals surface area contributed by atoms with E-state index in [0.29, 0.717) is 18.8 Å². The molecule has 1 heterocycles. The van der Waals surface area contributed by atoms with Gasteiger partial charge in [-0.05, 0) is 41.9 Å². The van der Waals surface area contributed by atoms with Crippen molar-refractivity contribution in [3.8, 4) is 0 Å². The molecular weight excluding hydrogens is 292 g/mol. The van der Waals surface area contributed by atoms with Gasteiger partial charge in [-0.15, -0.1) is 0 Å². The Bertz CT molecular complexity index is 553. The van der Waals surface area contributed by atoms with E-state index in [9.17, 15) is 9.59 Å². The van der Waals surface area contributed by atoms with E-state index in [1.165, 1.54) is 5.56 Å². The van der Waals surface area contributed by atoms with Gasteiger partial charge < -0.3 is 15.3 Å². The van der Waals surface area contributed by atoms with Crippen LogP contribution in [0.1, 0.15) is 39.2 Å². The maximum absolute atomic E-state index is 12.2. The highest BCUT2D eigenvalue weighted by Crippen LogP contribution is 2.23. The molecule has 0 saturated carbocycles. The number of aliphatic hydroxyl groups is 1. The second-order valence-corrected chi connectivity index (χ2v) is 7.20. The molecular formula is C18H26N2O3. The van der Waals surface area contributed by atoms with Crippen LogP contribution < -0.4 is 5.32 Å². The lowest BCUT2D eigenvalue weighted by molar-refractivity contribution is -0.144. The Morgan fingerprint density at radius 3 is 2.22 bits per heavy atom. The Morgan fingerprint density at radius 2 is 1.74 bits per heavy atom. The molecule has 5 nitrogen and oxygen atoms in total. The van der Waals surface area contributed by atoms with E-state index in [0.717, 1.165) is 12.8 Å². The van der Waals surface area contributed by atoms with Crippen LogP contribution in [0.3, 0.4) is 0 Å². The van der Waals surface area contributed by atoms with E-state index in [-0.39, 0.29) is 17.9 Å². The summed E-state index contributed by atoms with van der Waals surface area (Å²) in [4.78, 5) is 25.8. The molecule has 1 saturated heterocycles. The van der Waals surface area contributed by atoms with Crippen LogP contribution in [0.5, 0.6) is 0 Å². The lowest BCUT2D eigenvalue weighted by Gasteiger charge is -2.30. The number of aliphatic hydroxyl groups excluding tert-OH is 1. The highest BCUT2D eigenvalue weighted by Gasteiger charge is 2.26. The predicted molar refractivity (Wildman–Crippen MR) is 90.2 cm³/mol. The molecule has 2 amide bonds. The van der Waals surface area contributed by atoms with Crippen molar-refractivity contribution < 1.29 is 14.7 Å². The Balaban J connectivity index is 1.92. The number of likely N-dealkylation sites (tertiary alicyclic amines) is 1. The fourth-order valence-corrected chi connectivity index (χ4v) is 2.70. The lowest BCUT2D eigenvalue weighted by Crippen LogP contribution is -2.44. The van der Waals surface area contributed by atoms with Crippen molar-refractivity contribution in [2.24, 2.45) is 5.92 Å². The van der Waals surface area contributed by atoms with Crippen molar-refractivity contribution in [2.75, 3.05) is 25.0 Å². The molecule has 23 heavy (non-hydrogen) atoms. The number of hydrogen-bond donors (Lipinski definition) is 2. The average Bonchev–Trinajstić information content (AvgIpc) is 2.54. The van der Waals surface area contributed by atoms with Crippen LogP contribution >= 0.6 is 0 Å². The molecule has 1 aromatic carbocycles. The average molecular weight is 318 g/mol. The van der Waals surface area contributed by atoms with E-state index in [1.54, 1.807) is 4.90 Å². The zero-order chi connectivity index (χ0) is 17.0. The normalized spacial score (nSPS) is 16.3. The number of nitrogens with one attached hydrogen (secondary N) is 1. The largest absolute Gasteiger partial charge is 0.396 e. The van der Waals surface area contributed by atoms with Crippen molar-refractivity contribution in [2.45, 2.75) is 39.0 Å². The van der Waals surface area contributed by atoms with Crippen LogP contribution in [-0.2, 0) is 15.0 Å². The van der Waals surface area contributed by atoms with Gasteiger partial charge in [0.1, 0.15) is 0 Å². The van der Waals surface area contributed by atoms with Gasteiger partial charge in [-0.1, -0.05) is 32.9 Å². The van der Waals surface area contributed by atoms with Gasteiger partial charge >= 0.3 is 11.8 Å². The van der Waals surface area contributed by atoms with Gasteiger partial charge in [0.25, 0.3) is 0 Å². The van der Waals surface area contributed by atoms with E-state index in [1.807, 2.05) is 24.3 Å². The molecule has 0 unspecified atom stereocenters. The van der Waals surface area contributed by atoms with Gasteiger partial charge in [0, 0.05) is 25.4 Å². The summed E-state index contributed by atoms with van der Waals surface area (Å²) in [5, 5.41) is 11.8. The van der Waals surface area contributed by atoms with Crippen molar-refractivity contribution in [1.29, 1.82) is 0 Å². The highest BCUT2D eigenvalue weighted by molar-refractivity contribution is 6.39. The number of carbonyl (C=O) groups excluding carboxylic acids is 2. The summed E-state index contributed by atoms with van der Waals surface area (Å²) in [6, 6.07) is 7.58. The molecule has 0 bridgehead atoms. The van der Waals surface area contributed by atoms with Crippen LogP contribution in [0.25, 0.3) is 0 Å². The van der Waals surface area contributed by atoms with Gasteiger partial charge in [-0.3, -0.25) is 9.59 Å². The lowest BCUT2D eigenvalue weighted by atomic mass is 9.87.